The van der Waals surface area contributed by atoms with Crippen LogP contribution in [0.3, 0.4) is 0 Å². The Hall–Kier alpha value is -2.70. The van der Waals surface area contributed by atoms with Crippen molar-refractivity contribution in [2.24, 2.45) is 5.41 Å². The monoisotopic (exact) mass is 367 g/mol. The second kappa shape index (κ2) is 7.50. The number of amides is 1. The zero-order valence-electron chi connectivity index (χ0n) is 15.7. The summed E-state index contributed by atoms with van der Waals surface area (Å²) in [5, 5.41) is 0. The van der Waals surface area contributed by atoms with Gasteiger partial charge in [0, 0.05) is 50.4 Å². The largest absolute Gasteiger partial charge is 0.494 e. The van der Waals surface area contributed by atoms with Crippen LogP contribution in [0.4, 0.5) is 5.95 Å². The molecule has 2 aromatic heterocycles. The lowest BCUT2D eigenvalue weighted by molar-refractivity contribution is -0.138. The predicted molar refractivity (Wildman–Crippen MR) is 101 cm³/mol. The molecule has 7 heteroatoms. The maximum absolute atomic E-state index is 12.5. The summed E-state index contributed by atoms with van der Waals surface area (Å²) in [5.41, 5.74) is 1.24. The summed E-state index contributed by atoms with van der Waals surface area (Å²) in [6.45, 7) is 3.29. The zero-order chi connectivity index (χ0) is 18.7. The first-order chi connectivity index (χ1) is 13.2. The number of carbonyl (C=O) groups excluding carboxylic acids is 1. The Bertz CT molecular complexity index is 783. The molecule has 0 bridgehead atoms. The molecule has 4 heterocycles. The number of ether oxygens (including phenoxy) is 1. The van der Waals surface area contributed by atoms with Crippen LogP contribution in [-0.2, 0) is 11.3 Å². The molecule has 1 unspecified atom stereocenters. The standard InChI is InChI=1S/C20H25N5O2/c1-27-17-11-22-19(23-12-17)24-10-2-6-20(14-24)7-3-18(26)25(15-20)13-16-4-8-21-9-5-16/h4-5,8-9,11-12H,2-3,6-7,10,13-15H2,1H3. The lowest BCUT2D eigenvalue weighted by Crippen LogP contribution is -2.54. The van der Waals surface area contributed by atoms with Gasteiger partial charge in [0.15, 0.2) is 5.75 Å². The van der Waals surface area contributed by atoms with Gasteiger partial charge in [-0.25, -0.2) is 9.97 Å². The Morgan fingerprint density at radius 2 is 1.93 bits per heavy atom. The van der Waals surface area contributed by atoms with Crippen molar-refractivity contribution in [3.8, 4) is 5.75 Å². The minimum Gasteiger partial charge on any atom is -0.494 e. The van der Waals surface area contributed by atoms with Crippen LogP contribution in [-0.4, -0.2) is 52.5 Å². The summed E-state index contributed by atoms with van der Waals surface area (Å²) >= 11 is 0. The number of pyridine rings is 1. The number of methoxy groups -OCH3 is 1. The predicted octanol–water partition coefficient (Wildman–Crippen LogP) is 2.29. The summed E-state index contributed by atoms with van der Waals surface area (Å²) < 4.78 is 5.16. The van der Waals surface area contributed by atoms with Crippen molar-refractivity contribution in [2.45, 2.75) is 32.2 Å². The van der Waals surface area contributed by atoms with Crippen LogP contribution in [0.5, 0.6) is 5.75 Å². The lowest BCUT2D eigenvalue weighted by Gasteiger charge is -2.48. The minimum absolute atomic E-state index is 0.114. The number of hydrogen-bond acceptors (Lipinski definition) is 6. The highest BCUT2D eigenvalue weighted by atomic mass is 16.5. The van der Waals surface area contributed by atoms with E-state index in [1.54, 1.807) is 31.9 Å². The molecule has 0 N–H and O–H groups in total. The third-order valence-electron chi connectivity index (χ3n) is 5.67. The van der Waals surface area contributed by atoms with Crippen molar-refractivity contribution in [3.63, 3.8) is 0 Å². The number of aromatic nitrogens is 3. The molecule has 0 radical (unpaired) electrons. The molecular weight excluding hydrogens is 342 g/mol. The quantitative estimate of drug-likeness (QED) is 0.826. The highest BCUT2D eigenvalue weighted by Gasteiger charge is 2.42. The molecule has 1 amide bonds. The molecule has 0 aliphatic carbocycles. The average molecular weight is 367 g/mol. The van der Waals surface area contributed by atoms with Crippen LogP contribution >= 0.6 is 0 Å². The van der Waals surface area contributed by atoms with Gasteiger partial charge in [-0.1, -0.05) is 0 Å². The summed E-state index contributed by atoms with van der Waals surface area (Å²) in [4.78, 5) is 29.7. The number of likely N-dealkylation sites (tertiary alicyclic amines) is 1. The van der Waals surface area contributed by atoms with Crippen LogP contribution < -0.4 is 9.64 Å². The van der Waals surface area contributed by atoms with Crippen LogP contribution in [0.15, 0.2) is 36.9 Å². The van der Waals surface area contributed by atoms with Gasteiger partial charge in [-0.2, -0.15) is 0 Å². The summed E-state index contributed by atoms with van der Waals surface area (Å²) in [6, 6.07) is 3.96. The fourth-order valence-corrected chi connectivity index (χ4v) is 4.24. The molecule has 142 valence electrons. The normalized spacial score (nSPS) is 22.9. The van der Waals surface area contributed by atoms with Gasteiger partial charge in [0.05, 0.1) is 19.5 Å². The van der Waals surface area contributed by atoms with Crippen molar-refractivity contribution in [3.05, 3.63) is 42.5 Å². The molecule has 2 saturated heterocycles. The first-order valence-corrected chi connectivity index (χ1v) is 9.45. The smallest absolute Gasteiger partial charge is 0.225 e. The molecule has 2 fully saturated rings. The van der Waals surface area contributed by atoms with E-state index in [9.17, 15) is 4.79 Å². The van der Waals surface area contributed by atoms with E-state index in [1.165, 1.54) is 0 Å². The highest BCUT2D eigenvalue weighted by Crippen LogP contribution is 2.40. The number of nitrogens with zero attached hydrogens (tertiary/aromatic N) is 5. The number of anilines is 1. The molecule has 0 saturated carbocycles. The third-order valence-corrected chi connectivity index (χ3v) is 5.67. The Morgan fingerprint density at radius 3 is 2.67 bits per heavy atom. The van der Waals surface area contributed by atoms with E-state index >= 15 is 0 Å². The molecule has 2 aromatic rings. The molecule has 27 heavy (non-hydrogen) atoms. The molecule has 2 aliphatic rings. The summed E-state index contributed by atoms with van der Waals surface area (Å²) in [7, 11) is 1.62. The Balaban J connectivity index is 1.48. The fraction of sp³-hybridized carbons (Fsp3) is 0.500. The molecule has 1 atom stereocenters. The summed E-state index contributed by atoms with van der Waals surface area (Å²) in [5.74, 6) is 1.65. The van der Waals surface area contributed by atoms with Crippen molar-refractivity contribution in [1.82, 2.24) is 19.9 Å². The number of hydrogen-bond donors (Lipinski definition) is 0. The second-order valence-corrected chi connectivity index (χ2v) is 7.55. The molecule has 7 nitrogen and oxygen atoms in total. The molecule has 4 rings (SSSR count). The van der Waals surface area contributed by atoms with Gasteiger partial charge in [0.1, 0.15) is 0 Å². The fourth-order valence-electron chi connectivity index (χ4n) is 4.24. The topological polar surface area (TPSA) is 71.5 Å². The van der Waals surface area contributed by atoms with Crippen LogP contribution in [0.1, 0.15) is 31.2 Å². The van der Waals surface area contributed by atoms with Crippen molar-refractivity contribution < 1.29 is 9.53 Å². The van der Waals surface area contributed by atoms with Crippen LogP contribution in [0.25, 0.3) is 0 Å². The third kappa shape index (κ3) is 3.86. The molecule has 1 spiro atoms. The maximum Gasteiger partial charge on any atom is 0.225 e. The molecule has 2 aliphatic heterocycles. The maximum atomic E-state index is 12.5. The van der Waals surface area contributed by atoms with Crippen molar-refractivity contribution in [1.29, 1.82) is 0 Å². The number of piperidine rings is 2. The Morgan fingerprint density at radius 1 is 1.15 bits per heavy atom. The van der Waals surface area contributed by atoms with Gasteiger partial charge >= 0.3 is 0 Å². The Labute approximate surface area is 159 Å². The van der Waals surface area contributed by atoms with E-state index in [0.717, 1.165) is 50.4 Å². The van der Waals surface area contributed by atoms with Gasteiger partial charge in [-0.15, -0.1) is 0 Å². The highest BCUT2D eigenvalue weighted by molar-refractivity contribution is 5.77. The molecule has 0 aromatic carbocycles. The van der Waals surface area contributed by atoms with Crippen molar-refractivity contribution in [2.75, 3.05) is 31.6 Å². The number of carbonyl (C=O) groups is 1. The van der Waals surface area contributed by atoms with E-state index in [4.69, 9.17) is 4.74 Å². The van der Waals surface area contributed by atoms with E-state index < -0.39 is 0 Å². The van der Waals surface area contributed by atoms with Crippen molar-refractivity contribution >= 4 is 11.9 Å². The molecular formula is C20H25N5O2. The van der Waals surface area contributed by atoms with E-state index in [1.807, 2.05) is 17.0 Å². The van der Waals surface area contributed by atoms with Gasteiger partial charge in [-0.05, 0) is 37.0 Å². The van der Waals surface area contributed by atoms with Crippen LogP contribution in [0, 0.1) is 5.41 Å². The lowest BCUT2D eigenvalue weighted by atomic mass is 9.73. The SMILES string of the molecule is COc1cnc(N2CCCC3(CCC(=O)N(Cc4ccncc4)C3)C2)nc1. The zero-order valence-corrected chi connectivity index (χ0v) is 15.7. The average Bonchev–Trinajstić information content (AvgIpc) is 2.72. The Kier molecular flexibility index (Phi) is 4.92. The van der Waals surface area contributed by atoms with E-state index in [-0.39, 0.29) is 11.3 Å². The second-order valence-electron chi connectivity index (χ2n) is 7.55. The van der Waals surface area contributed by atoms with Crippen LogP contribution in [0.2, 0.25) is 0 Å². The first kappa shape index (κ1) is 17.7. The van der Waals surface area contributed by atoms with E-state index in [0.29, 0.717) is 18.7 Å². The van der Waals surface area contributed by atoms with Gasteiger partial charge in [-0.3, -0.25) is 9.78 Å². The van der Waals surface area contributed by atoms with Gasteiger partial charge < -0.3 is 14.5 Å². The first-order valence-electron chi connectivity index (χ1n) is 9.45. The van der Waals surface area contributed by atoms with Gasteiger partial charge in [0.2, 0.25) is 11.9 Å². The summed E-state index contributed by atoms with van der Waals surface area (Å²) in [6.07, 6.45) is 10.8. The van der Waals surface area contributed by atoms with Gasteiger partial charge in [0.25, 0.3) is 0 Å². The van der Waals surface area contributed by atoms with E-state index in [2.05, 4.69) is 19.9 Å². The number of rotatable bonds is 4. The minimum atomic E-state index is 0.114.